The van der Waals surface area contributed by atoms with Crippen molar-refractivity contribution in [2.45, 2.75) is 54.3 Å². The zero-order valence-electron chi connectivity index (χ0n) is 19.4. The third-order valence-corrected chi connectivity index (χ3v) is 7.58. The lowest BCUT2D eigenvalue weighted by atomic mass is 9.78. The molecule has 1 aliphatic rings. The summed E-state index contributed by atoms with van der Waals surface area (Å²) in [6.07, 6.45) is 0.922. The van der Waals surface area contributed by atoms with E-state index < -0.39 is 23.3 Å². The number of alkyl halides is 4. The van der Waals surface area contributed by atoms with E-state index in [2.05, 4.69) is 38.2 Å². The number of benzene rings is 2. The maximum absolute atomic E-state index is 13.9. The number of rotatable bonds is 7. The van der Waals surface area contributed by atoms with Crippen molar-refractivity contribution in [1.82, 2.24) is 15.6 Å². The van der Waals surface area contributed by atoms with Gasteiger partial charge in [0, 0.05) is 23.1 Å². The lowest BCUT2D eigenvalue weighted by Gasteiger charge is -2.37. The topological polar surface area (TPSA) is 54.0 Å². The Morgan fingerprint density at radius 1 is 1.06 bits per heavy atom. The van der Waals surface area contributed by atoms with E-state index in [0.717, 1.165) is 43.4 Å². The third-order valence-electron chi connectivity index (χ3n) is 6.54. The van der Waals surface area contributed by atoms with Gasteiger partial charge in [0.25, 0.3) is 0 Å². The van der Waals surface area contributed by atoms with Gasteiger partial charge < -0.3 is 10.6 Å². The second-order valence-corrected chi connectivity index (χ2v) is 10.2. The number of carbonyl (C=O) groups is 1. The first kappa shape index (κ1) is 26.7. The van der Waals surface area contributed by atoms with E-state index in [-0.39, 0.29) is 12.5 Å². The van der Waals surface area contributed by atoms with E-state index in [1.165, 1.54) is 12.3 Å². The summed E-state index contributed by atoms with van der Waals surface area (Å²) in [5.41, 5.74) is 0.117. The average Bonchev–Trinajstić information content (AvgIpc) is 3.36. The molecule has 3 aromatic rings. The molecule has 4 rings (SSSR count). The SMILES string of the molecule is O=C(NC1CCCC1)NC(Cc1ccccc1)(c1ccc(Cl)cn1)c1cc(C(F)(F)F)ccc1CI. The Labute approximate surface area is 227 Å². The number of hydrogen-bond acceptors (Lipinski definition) is 2. The Bertz CT molecular complexity index is 1190. The highest BCUT2D eigenvalue weighted by atomic mass is 127. The number of aromatic nitrogens is 1. The highest BCUT2D eigenvalue weighted by Crippen LogP contribution is 2.39. The van der Waals surface area contributed by atoms with Crippen LogP contribution in [0.1, 0.15) is 53.6 Å². The van der Waals surface area contributed by atoms with Crippen LogP contribution in [-0.2, 0) is 22.6 Å². The standard InChI is InChI=1S/C27H26ClF3IN3O/c28-21-12-13-24(33-17-21)26(15-18-6-2-1-3-7-18,35-25(36)34-22-8-4-5-9-22)23-14-20(27(29,30)31)11-10-19(23)16-32/h1-3,6-7,10-14,17,22H,4-5,8-9,15-16H2,(H2,34,35,36). The molecule has 0 saturated heterocycles. The number of carbonyl (C=O) groups excluding carboxylic acids is 1. The van der Waals surface area contributed by atoms with Crippen molar-refractivity contribution in [3.8, 4) is 0 Å². The van der Waals surface area contributed by atoms with Crippen molar-refractivity contribution in [2.75, 3.05) is 0 Å². The van der Waals surface area contributed by atoms with Crippen LogP contribution in [0.25, 0.3) is 0 Å². The van der Waals surface area contributed by atoms with Crippen molar-refractivity contribution >= 4 is 40.2 Å². The number of hydrogen-bond donors (Lipinski definition) is 2. The van der Waals surface area contributed by atoms with Gasteiger partial charge in [-0.15, -0.1) is 0 Å². The summed E-state index contributed by atoms with van der Waals surface area (Å²) in [4.78, 5) is 17.9. The van der Waals surface area contributed by atoms with Crippen molar-refractivity contribution in [2.24, 2.45) is 0 Å². The van der Waals surface area contributed by atoms with Crippen molar-refractivity contribution < 1.29 is 18.0 Å². The van der Waals surface area contributed by atoms with Crippen LogP contribution in [0.3, 0.4) is 0 Å². The monoisotopic (exact) mass is 627 g/mol. The Hall–Kier alpha value is -2.33. The van der Waals surface area contributed by atoms with Gasteiger partial charge in [-0.2, -0.15) is 13.2 Å². The number of nitrogens with zero attached hydrogens (tertiary/aromatic N) is 1. The number of halogens is 5. The molecule has 190 valence electrons. The molecule has 1 heterocycles. The molecule has 1 atom stereocenters. The van der Waals surface area contributed by atoms with Gasteiger partial charge in [-0.1, -0.05) is 83.4 Å². The van der Waals surface area contributed by atoms with Gasteiger partial charge >= 0.3 is 12.2 Å². The van der Waals surface area contributed by atoms with E-state index in [4.69, 9.17) is 11.6 Å². The van der Waals surface area contributed by atoms with E-state index in [1.807, 2.05) is 30.3 Å². The molecule has 1 aliphatic carbocycles. The predicted octanol–water partition coefficient (Wildman–Crippen LogP) is 7.42. The minimum atomic E-state index is -4.55. The Balaban J connectivity index is 1.93. The van der Waals surface area contributed by atoms with Crippen LogP contribution in [0.5, 0.6) is 0 Å². The number of amides is 2. The van der Waals surface area contributed by atoms with Gasteiger partial charge in [-0.3, -0.25) is 4.98 Å². The lowest BCUT2D eigenvalue weighted by Crippen LogP contribution is -2.54. The summed E-state index contributed by atoms with van der Waals surface area (Å²) in [7, 11) is 0. The minimum absolute atomic E-state index is 0.0307. The fourth-order valence-corrected chi connectivity index (χ4v) is 5.56. The highest BCUT2D eigenvalue weighted by Gasteiger charge is 2.42. The molecule has 4 nitrogen and oxygen atoms in total. The summed E-state index contributed by atoms with van der Waals surface area (Å²) in [5.74, 6) is 0. The van der Waals surface area contributed by atoms with Crippen molar-refractivity contribution in [3.05, 3.63) is 99.8 Å². The molecule has 1 fully saturated rings. The van der Waals surface area contributed by atoms with Gasteiger partial charge in [0.05, 0.1) is 16.3 Å². The zero-order chi connectivity index (χ0) is 25.8. The first-order chi connectivity index (χ1) is 17.2. The molecule has 1 saturated carbocycles. The van der Waals surface area contributed by atoms with Crippen molar-refractivity contribution in [1.29, 1.82) is 0 Å². The van der Waals surface area contributed by atoms with E-state index in [1.54, 1.807) is 12.1 Å². The lowest BCUT2D eigenvalue weighted by molar-refractivity contribution is -0.137. The summed E-state index contributed by atoms with van der Waals surface area (Å²) >= 11 is 8.25. The first-order valence-electron chi connectivity index (χ1n) is 11.7. The Morgan fingerprint density at radius 3 is 2.39 bits per heavy atom. The van der Waals surface area contributed by atoms with Crippen LogP contribution in [-0.4, -0.2) is 17.1 Å². The molecule has 0 bridgehead atoms. The largest absolute Gasteiger partial charge is 0.416 e. The second-order valence-electron chi connectivity index (χ2n) is 9.01. The molecule has 1 unspecified atom stereocenters. The second kappa shape index (κ2) is 11.4. The molecule has 0 spiro atoms. The van der Waals surface area contributed by atoms with Crippen LogP contribution < -0.4 is 10.6 Å². The maximum atomic E-state index is 13.9. The first-order valence-corrected chi connectivity index (χ1v) is 13.6. The summed E-state index contributed by atoms with van der Waals surface area (Å²) < 4.78 is 42.1. The number of pyridine rings is 1. The van der Waals surface area contributed by atoms with Crippen LogP contribution in [0, 0.1) is 0 Å². The molecule has 2 N–H and O–H groups in total. The third kappa shape index (κ3) is 6.14. The summed E-state index contributed by atoms with van der Waals surface area (Å²) in [6, 6.07) is 16.0. The molecule has 2 amide bonds. The molecular formula is C27H26ClF3IN3O. The van der Waals surface area contributed by atoms with Gasteiger partial charge in [-0.25, -0.2) is 4.79 Å². The maximum Gasteiger partial charge on any atom is 0.416 e. The number of urea groups is 1. The van der Waals surface area contributed by atoms with Crippen LogP contribution in [0.4, 0.5) is 18.0 Å². The number of nitrogens with one attached hydrogen (secondary N) is 2. The van der Waals surface area contributed by atoms with E-state index >= 15 is 0 Å². The zero-order valence-corrected chi connectivity index (χ0v) is 22.3. The quantitative estimate of drug-likeness (QED) is 0.212. The summed E-state index contributed by atoms with van der Waals surface area (Å²) in [6.45, 7) is 0. The van der Waals surface area contributed by atoms with Crippen LogP contribution in [0.2, 0.25) is 5.02 Å². The van der Waals surface area contributed by atoms with Crippen molar-refractivity contribution in [3.63, 3.8) is 0 Å². The Kier molecular flexibility index (Phi) is 8.44. The molecule has 2 aromatic carbocycles. The van der Waals surface area contributed by atoms with Crippen LogP contribution in [0.15, 0.2) is 66.9 Å². The molecule has 1 aromatic heterocycles. The fraction of sp³-hybridized carbons (Fsp3) is 0.333. The normalized spacial score (nSPS) is 15.9. The predicted molar refractivity (Wildman–Crippen MR) is 143 cm³/mol. The molecule has 0 radical (unpaired) electrons. The highest BCUT2D eigenvalue weighted by molar-refractivity contribution is 14.1. The van der Waals surface area contributed by atoms with Crippen LogP contribution >= 0.6 is 34.2 Å². The minimum Gasteiger partial charge on any atom is -0.335 e. The van der Waals surface area contributed by atoms with Gasteiger partial charge in [0.15, 0.2) is 0 Å². The van der Waals surface area contributed by atoms with Gasteiger partial charge in [-0.05, 0) is 53.8 Å². The molecule has 0 aliphatic heterocycles. The fourth-order valence-electron chi connectivity index (χ4n) is 4.78. The average molecular weight is 628 g/mol. The van der Waals surface area contributed by atoms with E-state index in [9.17, 15) is 18.0 Å². The van der Waals surface area contributed by atoms with Gasteiger partial charge in [0.1, 0.15) is 5.54 Å². The molecule has 9 heteroatoms. The van der Waals surface area contributed by atoms with E-state index in [0.29, 0.717) is 26.3 Å². The Morgan fingerprint density at radius 2 is 1.78 bits per heavy atom. The molecule has 36 heavy (non-hydrogen) atoms. The van der Waals surface area contributed by atoms with Gasteiger partial charge in [0.2, 0.25) is 0 Å². The molecular weight excluding hydrogens is 602 g/mol. The smallest absolute Gasteiger partial charge is 0.335 e. The summed E-state index contributed by atoms with van der Waals surface area (Å²) in [5, 5.41) is 6.50.